The zero-order valence-corrected chi connectivity index (χ0v) is 22.8. The molecule has 0 aliphatic rings. The summed E-state index contributed by atoms with van der Waals surface area (Å²) >= 11 is 0. The van der Waals surface area contributed by atoms with Crippen molar-refractivity contribution < 1.29 is 37.1 Å². The topological polar surface area (TPSA) is 127 Å². The molecule has 1 radical (unpaired) electrons. The van der Waals surface area contributed by atoms with Crippen molar-refractivity contribution in [3.63, 3.8) is 0 Å². The van der Waals surface area contributed by atoms with E-state index in [1.165, 1.54) is 6.42 Å². The van der Waals surface area contributed by atoms with Crippen LogP contribution in [0.15, 0.2) is 0 Å². The Morgan fingerprint density at radius 3 is 1.55 bits per heavy atom. The van der Waals surface area contributed by atoms with Gasteiger partial charge in [-0.1, -0.05) is 78.1 Å². The zero-order chi connectivity index (χ0) is 23.3. The molecule has 0 aliphatic carbocycles. The molecular weight excluding hydrogens is 435 g/mol. The predicted octanol–water partition coefficient (Wildman–Crippen LogP) is 3.67. The Morgan fingerprint density at radius 2 is 1.13 bits per heavy atom. The average molecular weight is 478 g/mol. The monoisotopic (exact) mass is 477 g/mol. The summed E-state index contributed by atoms with van der Waals surface area (Å²) in [6.45, 7) is 4.50. The maximum atomic E-state index is 12.0. The molecule has 0 heterocycles. The number of carbonyl (C=O) groups is 2. The van der Waals surface area contributed by atoms with Crippen molar-refractivity contribution in [3.8, 4) is 0 Å². The molecule has 0 aromatic carbocycles. The second-order valence-corrected chi connectivity index (χ2v) is 8.73. The van der Waals surface area contributed by atoms with E-state index in [1.54, 1.807) is 0 Å². The van der Waals surface area contributed by atoms with Crippen LogP contribution in [0.3, 0.4) is 0 Å². The van der Waals surface area contributed by atoms with Crippen molar-refractivity contribution >= 4 is 51.6 Å². The van der Waals surface area contributed by atoms with Crippen LogP contribution in [0.5, 0.6) is 0 Å². The van der Waals surface area contributed by atoms with Crippen LogP contribution in [-0.4, -0.2) is 85.1 Å². The first-order valence-electron chi connectivity index (χ1n) is 11.1. The number of aliphatic hydroxyl groups is 1. The number of hydrogen-bond acceptors (Lipinski definition) is 7. The SMILES string of the molecule is CCCCCCCCOC(=O)CC(C(=O)OCCCCCCCC)S(=O)(=O)O.CO.[Na]. The molecular formula is C21H42NaO8S. The van der Waals surface area contributed by atoms with Crippen LogP contribution in [0.4, 0.5) is 0 Å². The minimum absolute atomic E-state index is 0. The quantitative estimate of drug-likeness (QED) is 0.132. The third-order valence-electron chi connectivity index (χ3n) is 4.48. The molecule has 0 bridgehead atoms. The van der Waals surface area contributed by atoms with Crippen LogP contribution in [0.1, 0.15) is 97.3 Å². The van der Waals surface area contributed by atoms with Gasteiger partial charge < -0.3 is 14.6 Å². The Labute approximate surface area is 210 Å². The van der Waals surface area contributed by atoms with Gasteiger partial charge in [-0.2, -0.15) is 8.42 Å². The van der Waals surface area contributed by atoms with Crippen molar-refractivity contribution in [1.82, 2.24) is 0 Å². The number of ether oxygens (including phenoxy) is 2. The molecule has 1 atom stereocenters. The number of unbranched alkanes of at least 4 members (excludes halogenated alkanes) is 10. The summed E-state index contributed by atoms with van der Waals surface area (Å²) in [4.78, 5) is 23.8. The van der Waals surface area contributed by atoms with Gasteiger partial charge in [0.05, 0.1) is 19.6 Å². The molecule has 1 unspecified atom stereocenters. The normalized spacial score (nSPS) is 11.5. The van der Waals surface area contributed by atoms with Crippen molar-refractivity contribution in [3.05, 3.63) is 0 Å². The van der Waals surface area contributed by atoms with Crippen molar-refractivity contribution in [2.75, 3.05) is 20.3 Å². The van der Waals surface area contributed by atoms with E-state index in [0.29, 0.717) is 12.8 Å². The molecule has 8 nitrogen and oxygen atoms in total. The summed E-state index contributed by atoms with van der Waals surface area (Å²) in [5.41, 5.74) is 0. The van der Waals surface area contributed by atoms with E-state index in [0.717, 1.165) is 64.9 Å². The van der Waals surface area contributed by atoms with Gasteiger partial charge in [-0.25, -0.2) is 0 Å². The molecule has 0 rings (SSSR count). The number of rotatable bonds is 18. The molecule has 0 saturated heterocycles. The van der Waals surface area contributed by atoms with Crippen molar-refractivity contribution in [1.29, 1.82) is 0 Å². The Morgan fingerprint density at radius 1 is 0.742 bits per heavy atom. The maximum Gasteiger partial charge on any atom is 0.327 e. The van der Waals surface area contributed by atoms with E-state index in [9.17, 15) is 22.6 Å². The second kappa shape index (κ2) is 24.5. The van der Waals surface area contributed by atoms with Gasteiger partial charge in [-0.3, -0.25) is 14.1 Å². The van der Waals surface area contributed by atoms with Crippen LogP contribution >= 0.6 is 0 Å². The zero-order valence-electron chi connectivity index (χ0n) is 19.9. The van der Waals surface area contributed by atoms with Crippen LogP contribution in [0.2, 0.25) is 0 Å². The molecule has 10 heteroatoms. The van der Waals surface area contributed by atoms with Gasteiger partial charge in [-0.05, 0) is 12.8 Å². The molecule has 0 saturated carbocycles. The Hall–Kier alpha value is -0.190. The molecule has 31 heavy (non-hydrogen) atoms. The smallest absolute Gasteiger partial charge is 0.327 e. The summed E-state index contributed by atoms with van der Waals surface area (Å²) in [6, 6.07) is 0. The Balaban J connectivity index is -0.00000253. The van der Waals surface area contributed by atoms with E-state index in [-0.39, 0.29) is 42.8 Å². The molecule has 0 aliphatic heterocycles. The Bertz CT molecular complexity index is 525. The summed E-state index contributed by atoms with van der Waals surface area (Å²) in [6.07, 6.45) is 11.3. The summed E-state index contributed by atoms with van der Waals surface area (Å²) in [7, 11) is -3.73. The fraction of sp³-hybridized carbons (Fsp3) is 0.905. The van der Waals surface area contributed by atoms with E-state index in [4.69, 9.17) is 14.6 Å². The number of aliphatic hydroxyl groups excluding tert-OH is 1. The summed E-state index contributed by atoms with van der Waals surface area (Å²) in [5.74, 6) is -1.93. The largest absolute Gasteiger partial charge is 0.466 e. The first-order valence-corrected chi connectivity index (χ1v) is 12.6. The molecule has 0 aromatic rings. The number of esters is 2. The van der Waals surface area contributed by atoms with Gasteiger partial charge >= 0.3 is 11.9 Å². The van der Waals surface area contributed by atoms with Crippen LogP contribution < -0.4 is 0 Å². The van der Waals surface area contributed by atoms with E-state index in [2.05, 4.69) is 13.8 Å². The van der Waals surface area contributed by atoms with Crippen LogP contribution in [0, 0.1) is 0 Å². The van der Waals surface area contributed by atoms with Gasteiger partial charge in [0.1, 0.15) is 0 Å². The van der Waals surface area contributed by atoms with E-state index in [1.807, 2.05) is 0 Å². The maximum absolute atomic E-state index is 12.0. The van der Waals surface area contributed by atoms with Crippen LogP contribution in [-0.2, 0) is 29.2 Å². The van der Waals surface area contributed by atoms with E-state index >= 15 is 0 Å². The van der Waals surface area contributed by atoms with Gasteiger partial charge in [0.2, 0.25) is 0 Å². The third kappa shape index (κ3) is 22.8. The van der Waals surface area contributed by atoms with Crippen molar-refractivity contribution in [2.45, 2.75) is 103 Å². The molecule has 0 spiro atoms. The predicted molar refractivity (Wildman–Crippen MR) is 123 cm³/mol. The number of hydrogen-bond donors (Lipinski definition) is 2. The van der Waals surface area contributed by atoms with Gasteiger partial charge in [0, 0.05) is 36.7 Å². The standard InChI is InChI=1S/C20H38O7S.CH4O.Na/c1-3-5-7-9-11-13-15-26-19(21)17-18(28(23,24)25)20(22)27-16-14-12-10-8-6-4-2;1-2;/h18H,3-17H2,1-2H3,(H,23,24,25);2H,1H3;. The summed E-state index contributed by atoms with van der Waals surface area (Å²) in [5, 5.41) is 5.07. The van der Waals surface area contributed by atoms with Crippen LogP contribution in [0.25, 0.3) is 0 Å². The molecule has 181 valence electrons. The Kier molecular flexibility index (Phi) is 27.9. The number of carbonyl (C=O) groups excluding carboxylic acids is 2. The first-order chi connectivity index (χ1) is 14.3. The van der Waals surface area contributed by atoms with Crippen molar-refractivity contribution in [2.24, 2.45) is 0 Å². The van der Waals surface area contributed by atoms with Gasteiger partial charge in [-0.15, -0.1) is 0 Å². The molecule has 0 amide bonds. The molecule has 2 N–H and O–H groups in total. The minimum Gasteiger partial charge on any atom is -0.466 e. The fourth-order valence-electron chi connectivity index (χ4n) is 2.74. The summed E-state index contributed by atoms with van der Waals surface area (Å²) < 4.78 is 42.0. The van der Waals surface area contributed by atoms with E-state index < -0.39 is 33.7 Å². The minimum atomic E-state index is -4.73. The van der Waals surface area contributed by atoms with Gasteiger partial charge in [0.25, 0.3) is 10.1 Å². The first kappa shape index (κ1) is 35.4. The van der Waals surface area contributed by atoms with Gasteiger partial charge in [0.15, 0.2) is 5.25 Å². The fourth-order valence-corrected chi connectivity index (χ4v) is 3.39. The molecule has 0 aromatic heterocycles. The third-order valence-corrected chi connectivity index (χ3v) is 5.56. The second-order valence-electron chi connectivity index (χ2n) is 7.13. The average Bonchev–Trinajstić information content (AvgIpc) is 2.71. The molecule has 0 fully saturated rings.